The molecule has 0 aliphatic carbocycles. The minimum atomic E-state index is -6.13. The average molecular weight is 1080 g/mol. The van der Waals surface area contributed by atoms with Crippen LogP contribution in [0.2, 0.25) is 0 Å². The summed E-state index contributed by atoms with van der Waals surface area (Å²) in [5.41, 5.74) is -29.6. The summed E-state index contributed by atoms with van der Waals surface area (Å²) >= 11 is 0. The molecule has 5 aromatic rings. The minimum absolute atomic E-state index is 0.0305. The Morgan fingerprint density at radius 2 is 0.549 bits per heavy atom. The predicted octanol–water partition coefficient (Wildman–Crippen LogP) is 11.6. The molecule has 0 amide bonds. The van der Waals surface area contributed by atoms with Gasteiger partial charge in [-0.15, -0.1) is 0 Å². The number of aliphatic hydroxyl groups is 2. The van der Waals surface area contributed by atoms with Crippen molar-refractivity contribution in [3.63, 3.8) is 0 Å². The molecule has 0 spiro atoms. The van der Waals surface area contributed by atoms with Gasteiger partial charge in [-0.25, -0.2) is 0 Å². The van der Waals surface area contributed by atoms with Crippen LogP contribution in [0.1, 0.15) is 54.9 Å². The van der Waals surface area contributed by atoms with Gasteiger partial charge in [-0.1, -0.05) is 78.9 Å². The Labute approximate surface area is 385 Å². The van der Waals surface area contributed by atoms with Gasteiger partial charge in [-0.2, -0.15) is 127 Å². The van der Waals surface area contributed by atoms with Gasteiger partial charge in [-0.05, 0) is 24.3 Å². The van der Waals surface area contributed by atoms with Crippen molar-refractivity contribution in [2.75, 3.05) is 17.6 Å². The summed E-state index contributed by atoms with van der Waals surface area (Å²) in [7, 11) is -0.607. The fourth-order valence-corrected chi connectivity index (χ4v) is 7.90. The van der Waals surface area contributed by atoms with Gasteiger partial charge in [0.05, 0.1) is 44.5 Å². The molecule has 5 rings (SSSR count). The second-order valence-electron chi connectivity index (χ2n) is 15.0. The van der Waals surface area contributed by atoms with Crippen molar-refractivity contribution in [2.45, 2.75) is 49.4 Å². The second kappa shape index (κ2) is 20.1. The van der Waals surface area contributed by atoms with Crippen LogP contribution in [0.3, 0.4) is 0 Å². The molecule has 0 unspecified atom stereocenters. The molecule has 0 fully saturated rings. The molecule has 0 aromatic heterocycles. The van der Waals surface area contributed by atoms with E-state index in [1.165, 1.54) is 0 Å². The van der Waals surface area contributed by atoms with Gasteiger partial charge in [0.1, 0.15) is 6.15 Å². The summed E-state index contributed by atoms with van der Waals surface area (Å²) in [4.78, 5) is 11.6. The molecule has 0 heterocycles. The number of rotatable bonds is 9. The zero-order chi connectivity index (χ0) is 54.3. The first-order chi connectivity index (χ1) is 32.0. The SMILES string of the molecule is FC(F)(F)c1cc([B-](c2cc(C(F)(F)F)cc(C(F)(F)F)c2)(c2cc(C(F)(F)F)cc(C(F)(F)F)c2)c2cc(C(F)(F)F)cc(C(F)(F)F)c2)cc(C(F)(F)F)c1.O=C(C[S+](CO)CO)c1ccccc1. The number of Topliss-reactive ketones (excluding diaryl/α,β-unsaturated/α-hetero) is 1. The van der Waals surface area contributed by atoms with Crippen molar-refractivity contribution in [1.29, 1.82) is 0 Å². The van der Waals surface area contributed by atoms with Crippen molar-refractivity contribution >= 4 is 44.7 Å². The first kappa shape index (κ1) is 58.0. The summed E-state index contributed by atoms with van der Waals surface area (Å²) in [6.07, 6.45) is -54.8. The van der Waals surface area contributed by atoms with Crippen LogP contribution in [0.15, 0.2) is 103 Å². The number of hydrogen-bond acceptors (Lipinski definition) is 3. The maximum absolute atomic E-state index is 14.2. The predicted molar refractivity (Wildman–Crippen MR) is 207 cm³/mol. The molecular formula is C42H25BF24O3S. The van der Waals surface area contributed by atoms with E-state index in [9.17, 15) is 110 Å². The Balaban J connectivity index is 0.000000671. The Kier molecular flexibility index (Phi) is 16.5. The third-order valence-electron chi connectivity index (χ3n) is 10.2. The number of aliphatic hydroxyl groups excluding tert-OH is 2. The van der Waals surface area contributed by atoms with E-state index < -0.39 is 206 Å². The van der Waals surface area contributed by atoms with E-state index in [0.717, 1.165) is 0 Å². The number of carbonyl (C=O) groups is 1. The number of halogens is 24. The molecule has 0 radical (unpaired) electrons. The largest absolute Gasteiger partial charge is 0.416 e. The van der Waals surface area contributed by atoms with Crippen molar-refractivity contribution < 1.29 is 120 Å². The van der Waals surface area contributed by atoms with Gasteiger partial charge < -0.3 is 10.2 Å². The highest BCUT2D eigenvalue weighted by Gasteiger charge is 2.47. The maximum Gasteiger partial charge on any atom is 0.416 e. The van der Waals surface area contributed by atoms with Gasteiger partial charge in [-0.3, -0.25) is 4.79 Å². The Morgan fingerprint density at radius 3 is 0.718 bits per heavy atom. The van der Waals surface area contributed by atoms with E-state index in [4.69, 9.17) is 10.2 Å². The summed E-state index contributed by atoms with van der Waals surface area (Å²) in [5.74, 6) is -0.0710. The van der Waals surface area contributed by atoms with E-state index in [2.05, 4.69) is 0 Å². The van der Waals surface area contributed by atoms with Crippen LogP contribution in [-0.2, 0) is 60.3 Å². The highest BCUT2D eigenvalue weighted by Crippen LogP contribution is 2.41. The summed E-state index contributed by atoms with van der Waals surface area (Å²) in [5, 5.41) is 17.6. The standard InChI is InChI=1S/C32H12BF24.C10H13O3S/c34-25(35,36)13-1-14(26(37,38)39)6-21(5-13)33(22-7-15(27(40,41)42)2-16(8-22)28(43,44)45,23-9-17(29(46,47)48)3-18(10-23)30(49,50)51)24-11-19(31(52,53)54)4-20(12-24)32(55,56)57;11-7-14(8-12)6-10(13)9-4-2-1-3-5-9/h1-12H;1-5,11-12H,6-8H2/q-1;+1. The monoisotopic (exact) mass is 1080 g/mol. The highest BCUT2D eigenvalue weighted by molar-refractivity contribution is 7.97. The molecule has 0 saturated carbocycles. The van der Waals surface area contributed by atoms with E-state index in [-0.39, 0.29) is 23.4 Å². The van der Waals surface area contributed by atoms with E-state index in [0.29, 0.717) is 5.56 Å². The quantitative estimate of drug-likeness (QED) is 0.0669. The van der Waals surface area contributed by atoms with Crippen molar-refractivity contribution in [3.8, 4) is 0 Å². The fraction of sp³-hybridized carbons (Fsp3) is 0.262. The van der Waals surface area contributed by atoms with Crippen LogP contribution in [0.25, 0.3) is 0 Å². The average Bonchev–Trinajstić information content (AvgIpc) is 3.23. The molecule has 0 aliphatic heterocycles. The third kappa shape index (κ3) is 13.9. The van der Waals surface area contributed by atoms with Crippen molar-refractivity contribution in [2.24, 2.45) is 0 Å². The number of alkyl halides is 24. The molecule has 0 aliphatic rings. The second-order valence-corrected chi connectivity index (χ2v) is 17.1. The normalized spacial score (nSPS) is 13.6. The van der Waals surface area contributed by atoms with E-state index in [1.54, 1.807) is 24.3 Å². The van der Waals surface area contributed by atoms with Crippen molar-refractivity contribution in [1.82, 2.24) is 0 Å². The molecule has 71 heavy (non-hydrogen) atoms. The van der Waals surface area contributed by atoms with Gasteiger partial charge in [0.2, 0.25) is 17.7 Å². The van der Waals surface area contributed by atoms with Gasteiger partial charge in [0.15, 0.2) is 5.75 Å². The lowest BCUT2D eigenvalue weighted by Crippen LogP contribution is -2.75. The molecule has 29 heteroatoms. The summed E-state index contributed by atoms with van der Waals surface area (Å²) in [6.45, 7) is 0. The first-order valence-corrected chi connectivity index (χ1v) is 20.6. The third-order valence-corrected chi connectivity index (χ3v) is 11.6. The van der Waals surface area contributed by atoms with Crippen LogP contribution >= 0.6 is 0 Å². The number of benzene rings is 5. The number of hydrogen-bond donors (Lipinski definition) is 2. The lowest BCUT2D eigenvalue weighted by Gasteiger charge is -2.46. The smallest absolute Gasteiger partial charge is 0.352 e. The lowest BCUT2D eigenvalue weighted by atomic mass is 9.12. The van der Waals surface area contributed by atoms with Crippen molar-refractivity contribution in [3.05, 3.63) is 153 Å². The summed E-state index contributed by atoms with van der Waals surface area (Å²) in [6, 6.07) is 0.0908. The fourth-order valence-electron chi connectivity index (χ4n) is 7.10. The Hall–Kier alpha value is -5.58. The zero-order valence-electron chi connectivity index (χ0n) is 34.3. The zero-order valence-corrected chi connectivity index (χ0v) is 35.1. The van der Waals surface area contributed by atoms with Gasteiger partial charge >= 0.3 is 49.4 Å². The molecule has 2 N–H and O–H groups in total. The molecule has 0 atom stereocenters. The minimum Gasteiger partial charge on any atom is -0.352 e. The van der Waals surface area contributed by atoms with Gasteiger partial charge in [0, 0.05) is 16.5 Å². The molecule has 3 nitrogen and oxygen atoms in total. The van der Waals surface area contributed by atoms with E-state index >= 15 is 0 Å². The Morgan fingerprint density at radius 1 is 0.352 bits per heavy atom. The van der Waals surface area contributed by atoms with Gasteiger partial charge in [0.25, 0.3) is 0 Å². The Bertz CT molecular complexity index is 2240. The molecule has 5 aromatic carbocycles. The lowest BCUT2D eigenvalue weighted by molar-refractivity contribution is -0.144. The number of carbonyl (C=O) groups excluding carboxylic acids is 1. The van der Waals surface area contributed by atoms with Crippen LogP contribution in [0.5, 0.6) is 0 Å². The number of ketones is 1. The summed E-state index contributed by atoms with van der Waals surface area (Å²) < 4.78 is 341. The molecular weight excluding hydrogens is 1050 g/mol. The van der Waals surface area contributed by atoms with Crippen LogP contribution in [-0.4, -0.2) is 39.8 Å². The van der Waals surface area contributed by atoms with Crippen LogP contribution in [0, 0.1) is 0 Å². The first-order valence-electron chi connectivity index (χ1n) is 18.8. The molecule has 0 saturated heterocycles. The highest BCUT2D eigenvalue weighted by atomic mass is 32.2. The van der Waals surface area contributed by atoms with E-state index in [1.807, 2.05) is 6.07 Å². The van der Waals surface area contributed by atoms with Crippen LogP contribution < -0.4 is 21.9 Å². The van der Waals surface area contributed by atoms with Crippen LogP contribution in [0.4, 0.5) is 105 Å². The molecule has 388 valence electrons. The molecule has 0 bridgehead atoms. The topological polar surface area (TPSA) is 57.5 Å². The maximum atomic E-state index is 14.2.